The molecule has 3 heterocycles. The number of nitrogens with zero attached hydrogens (tertiary/aromatic N) is 3. The maximum Gasteiger partial charge on any atom is 0.440 e. The van der Waals surface area contributed by atoms with E-state index in [-0.39, 0.29) is 24.5 Å². The number of nitrogens with one attached hydrogen (secondary N) is 2. The summed E-state index contributed by atoms with van der Waals surface area (Å²) in [6.45, 7) is 5.93. The van der Waals surface area contributed by atoms with Crippen LogP contribution in [0.5, 0.6) is 0 Å². The Hall–Kier alpha value is -4.48. The van der Waals surface area contributed by atoms with E-state index in [0.29, 0.717) is 61.4 Å². The van der Waals surface area contributed by atoms with Crippen LogP contribution in [0.1, 0.15) is 40.0 Å². The molecule has 1 aromatic heterocycles. The molecule has 11 heteroatoms. The number of amides is 3. The van der Waals surface area contributed by atoms with E-state index in [0.717, 1.165) is 12.1 Å². The Balaban J connectivity index is 1.22. The minimum Gasteiger partial charge on any atom is -0.371 e. The number of carbonyl (C=O) groups is 2. The van der Waals surface area contributed by atoms with Gasteiger partial charge in [-0.3, -0.25) is 4.90 Å². The minimum absolute atomic E-state index is 0.0695. The van der Waals surface area contributed by atoms with Gasteiger partial charge in [-0.05, 0) is 48.2 Å². The zero-order valence-electron chi connectivity index (χ0n) is 24.1. The van der Waals surface area contributed by atoms with Crippen molar-refractivity contribution < 1.29 is 32.4 Å². The smallest absolute Gasteiger partial charge is 0.371 e. The van der Waals surface area contributed by atoms with Crippen LogP contribution in [0.3, 0.4) is 0 Å². The molecule has 5 rings (SSSR count). The van der Waals surface area contributed by atoms with E-state index in [4.69, 9.17) is 0 Å². The number of benzene rings is 2. The number of hydrogen-bond donors (Lipinski definition) is 3. The summed E-state index contributed by atoms with van der Waals surface area (Å²) in [5.74, 6) is -0.277. The average Bonchev–Trinajstić information content (AvgIpc) is 3.68. The van der Waals surface area contributed by atoms with Gasteiger partial charge in [0.1, 0.15) is 0 Å². The van der Waals surface area contributed by atoms with Gasteiger partial charge < -0.3 is 20.3 Å². The lowest BCUT2D eigenvalue weighted by Gasteiger charge is -2.38. The monoisotopic (exact) mass is 606 g/mol. The van der Waals surface area contributed by atoms with E-state index in [9.17, 15) is 27.9 Å². The van der Waals surface area contributed by atoms with E-state index in [1.54, 1.807) is 41.7 Å². The van der Waals surface area contributed by atoms with E-state index in [1.165, 1.54) is 16.7 Å². The third-order valence-electron chi connectivity index (χ3n) is 8.09. The van der Waals surface area contributed by atoms with Crippen molar-refractivity contribution in [3.05, 3.63) is 120 Å². The van der Waals surface area contributed by atoms with Gasteiger partial charge in [-0.25, -0.2) is 9.59 Å². The van der Waals surface area contributed by atoms with Crippen molar-refractivity contribution in [2.24, 2.45) is 0 Å². The number of aromatic amines is 1. The highest BCUT2D eigenvalue weighted by molar-refractivity contribution is 5.91. The molecular formula is C33H35F3N5O3+. The lowest BCUT2D eigenvalue weighted by molar-refractivity contribution is -0.346. The molecule has 2 aliphatic heterocycles. The van der Waals surface area contributed by atoms with Crippen LogP contribution in [-0.4, -0.2) is 74.8 Å². The zero-order valence-corrected chi connectivity index (χ0v) is 24.1. The first-order valence-corrected chi connectivity index (χ1v) is 14.4. The van der Waals surface area contributed by atoms with Crippen LogP contribution in [0, 0.1) is 0 Å². The third-order valence-corrected chi connectivity index (χ3v) is 8.09. The number of likely N-dealkylation sites (tertiary alicyclic amines) is 1. The fraction of sp³-hybridized carbons (Fsp3) is 0.303. The van der Waals surface area contributed by atoms with E-state index < -0.39 is 17.3 Å². The second-order valence-electron chi connectivity index (χ2n) is 11.0. The first-order valence-electron chi connectivity index (χ1n) is 14.4. The van der Waals surface area contributed by atoms with E-state index in [1.807, 2.05) is 30.3 Å². The topological polar surface area (TPSA) is 91.7 Å². The first-order chi connectivity index (χ1) is 21.1. The summed E-state index contributed by atoms with van der Waals surface area (Å²) in [6.07, 6.45) is 3.50. The fourth-order valence-electron chi connectivity index (χ4n) is 5.68. The summed E-state index contributed by atoms with van der Waals surface area (Å²) in [7, 11) is 0. The van der Waals surface area contributed by atoms with Crippen molar-refractivity contribution in [1.82, 2.24) is 20.1 Å². The Morgan fingerprint density at radius 1 is 1.09 bits per heavy atom. The summed E-state index contributed by atoms with van der Waals surface area (Å²) >= 11 is 0. The summed E-state index contributed by atoms with van der Waals surface area (Å²) in [5.41, 5.74) is 0.0999. The Morgan fingerprint density at radius 2 is 1.80 bits per heavy atom. The van der Waals surface area contributed by atoms with Gasteiger partial charge in [-0.15, -0.1) is 11.2 Å². The number of aromatic nitrogens is 1. The molecule has 0 bridgehead atoms. The number of halogens is 3. The van der Waals surface area contributed by atoms with Gasteiger partial charge in [0.2, 0.25) is 0 Å². The number of alkyl halides is 3. The molecule has 8 nitrogen and oxygen atoms in total. The van der Waals surface area contributed by atoms with Crippen molar-refractivity contribution in [3.63, 3.8) is 0 Å². The van der Waals surface area contributed by atoms with Gasteiger partial charge in [0.25, 0.3) is 0 Å². The number of aliphatic hydroxyl groups is 1. The number of hydrogen-bond acceptors (Lipinski definition) is 4. The highest BCUT2D eigenvalue weighted by atomic mass is 19.4. The van der Waals surface area contributed by atoms with Crippen LogP contribution >= 0.6 is 0 Å². The molecule has 2 aromatic carbocycles. The Bertz CT molecular complexity index is 1530. The molecule has 44 heavy (non-hydrogen) atoms. The molecule has 3 amide bonds. The molecule has 2 aliphatic rings. The minimum atomic E-state index is -4.41. The van der Waals surface area contributed by atoms with Crippen molar-refractivity contribution in [3.8, 4) is 0 Å². The highest BCUT2D eigenvalue weighted by Gasteiger charge is 2.45. The average molecular weight is 607 g/mol. The third kappa shape index (κ3) is 6.84. The van der Waals surface area contributed by atoms with Gasteiger partial charge in [-0.2, -0.15) is 13.2 Å². The Labute approximate surface area is 253 Å². The summed E-state index contributed by atoms with van der Waals surface area (Å²) in [5, 5.41) is 14.7. The number of urea groups is 1. The molecular weight excluding hydrogens is 571 g/mol. The molecule has 0 saturated carbocycles. The Morgan fingerprint density at radius 3 is 2.41 bits per heavy atom. The van der Waals surface area contributed by atoms with Gasteiger partial charge >= 0.3 is 18.1 Å². The van der Waals surface area contributed by atoms with E-state index >= 15 is 0 Å². The molecule has 1 atom stereocenters. The molecule has 3 aromatic rings. The summed E-state index contributed by atoms with van der Waals surface area (Å²) < 4.78 is 40.0. The normalized spacial score (nSPS) is 19.3. The van der Waals surface area contributed by atoms with E-state index in [2.05, 4.69) is 21.8 Å². The molecule has 0 radical (unpaired) electrons. The number of H-pyrrole nitrogens is 1. The van der Waals surface area contributed by atoms with Crippen LogP contribution in [0.15, 0.2) is 97.4 Å². The van der Waals surface area contributed by atoms with Gasteiger partial charge in [-0.1, -0.05) is 48.5 Å². The van der Waals surface area contributed by atoms with Gasteiger partial charge in [0, 0.05) is 45.0 Å². The second-order valence-corrected chi connectivity index (χ2v) is 11.0. The quantitative estimate of drug-likeness (QED) is 0.239. The van der Waals surface area contributed by atoms with Crippen molar-refractivity contribution in [1.29, 1.82) is 0 Å². The molecule has 3 N–H and O–H groups in total. The highest BCUT2D eigenvalue weighted by Crippen LogP contribution is 2.33. The van der Waals surface area contributed by atoms with Crippen LogP contribution in [0.4, 0.5) is 18.0 Å². The standard InChI is InChI=1S/C33H34F3N5O3/c1-2-17-41(31(43)38-20-24-10-12-26(13-11-24)33(34,35)36)28-14-18-39(19-15-28)21-27-22-40(30(42)29-9-6-16-37-29)23-32(27,44)25-7-4-3-5-8-25/h2-13,16,22-23,28,44H,1,14-15,17-21H2,(H-,37,38,42,43)/p+1/t32-/m1/s1. The van der Waals surface area contributed by atoms with Crippen LogP contribution in [0.25, 0.3) is 0 Å². The van der Waals surface area contributed by atoms with Gasteiger partial charge in [0.05, 0.1) is 11.1 Å². The molecule has 1 fully saturated rings. The molecule has 230 valence electrons. The molecule has 0 spiro atoms. The van der Waals surface area contributed by atoms with Crippen LogP contribution in [0.2, 0.25) is 0 Å². The lowest BCUT2D eigenvalue weighted by atomic mass is 9.88. The number of rotatable bonds is 9. The predicted octanol–water partition coefficient (Wildman–Crippen LogP) is 4.90. The zero-order chi connectivity index (χ0) is 31.3. The SMILES string of the molecule is C=CCN(C(=O)NCc1ccc(C(F)(F)F)cc1)C1CCN(CC2=C[N+](C(=O)c3ccc[nH]3)=C[C@@]2(O)c2ccccc2)CC1. The largest absolute Gasteiger partial charge is 0.440 e. The Kier molecular flexibility index (Phi) is 9.17. The maximum atomic E-state index is 13.1. The number of carbonyl (C=O) groups excluding carboxylic acids is 2. The van der Waals surface area contributed by atoms with Crippen molar-refractivity contribution in [2.75, 3.05) is 26.2 Å². The second kappa shape index (κ2) is 13.0. The number of piperidine rings is 1. The predicted molar refractivity (Wildman–Crippen MR) is 160 cm³/mol. The lowest BCUT2D eigenvalue weighted by Crippen LogP contribution is -2.51. The first kappa shape index (κ1) is 31.0. The maximum absolute atomic E-state index is 13.1. The summed E-state index contributed by atoms with van der Waals surface area (Å²) in [6, 6.07) is 17.0. The van der Waals surface area contributed by atoms with Crippen LogP contribution < -0.4 is 5.32 Å². The molecule has 0 unspecified atom stereocenters. The summed E-state index contributed by atoms with van der Waals surface area (Å²) in [4.78, 5) is 33.0. The molecule has 1 saturated heterocycles. The van der Waals surface area contributed by atoms with Crippen molar-refractivity contribution in [2.45, 2.75) is 37.2 Å². The molecule has 0 aliphatic carbocycles. The van der Waals surface area contributed by atoms with Crippen molar-refractivity contribution >= 4 is 18.2 Å². The van der Waals surface area contributed by atoms with Crippen LogP contribution in [-0.2, 0) is 18.3 Å². The van der Waals surface area contributed by atoms with Gasteiger partial charge in [0.15, 0.2) is 23.7 Å². The fourth-order valence-corrected chi connectivity index (χ4v) is 5.68.